The number of nitriles is 1. The zero-order valence-corrected chi connectivity index (χ0v) is 17.6. The number of nitrogens with one attached hydrogen (secondary N) is 1. The van der Waals surface area contributed by atoms with E-state index in [0.717, 1.165) is 41.4 Å². The fraction of sp³-hybridized carbons (Fsp3) is 0.280. The lowest BCUT2D eigenvalue weighted by molar-refractivity contribution is -0.136. The van der Waals surface area contributed by atoms with Crippen molar-refractivity contribution in [3.05, 3.63) is 77.1 Å². The van der Waals surface area contributed by atoms with Crippen molar-refractivity contribution in [1.29, 1.82) is 5.26 Å². The molecule has 31 heavy (non-hydrogen) atoms. The van der Waals surface area contributed by atoms with Crippen LogP contribution in [0.15, 0.2) is 54.6 Å². The van der Waals surface area contributed by atoms with Crippen molar-refractivity contribution in [2.75, 3.05) is 20.2 Å². The number of rotatable bonds is 6. The van der Waals surface area contributed by atoms with E-state index in [1.165, 1.54) is 19.2 Å². The molecule has 0 bridgehead atoms. The lowest BCUT2D eigenvalue weighted by Crippen LogP contribution is -2.59. The lowest BCUT2D eigenvalue weighted by Gasteiger charge is -2.45. The number of carbonyl (C=O) groups excluding carboxylic acids is 1. The van der Waals surface area contributed by atoms with Crippen molar-refractivity contribution in [3.8, 4) is 11.8 Å². The summed E-state index contributed by atoms with van der Waals surface area (Å²) in [5.74, 6) is -0.0409. The van der Waals surface area contributed by atoms with E-state index >= 15 is 0 Å². The highest BCUT2D eigenvalue weighted by Gasteiger charge is 2.43. The van der Waals surface area contributed by atoms with Gasteiger partial charge >= 0.3 is 0 Å². The van der Waals surface area contributed by atoms with Crippen LogP contribution in [-0.2, 0) is 16.9 Å². The summed E-state index contributed by atoms with van der Waals surface area (Å²) in [6.07, 6.45) is 1.02. The number of nitrogens with zero attached hydrogens (tertiary/aromatic N) is 2. The number of hydrogen-bond donors (Lipinski definition) is 1. The average molecular weight is 417 g/mol. The Morgan fingerprint density at radius 1 is 1.23 bits per heavy atom. The van der Waals surface area contributed by atoms with E-state index < -0.39 is 5.54 Å². The number of fused-ring (bicyclic) bond motifs is 1. The van der Waals surface area contributed by atoms with Crippen molar-refractivity contribution >= 4 is 16.7 Å². The standard InChI is InChI=1S/C25H24FN3O2/c1-25(29-12-5-13-29,19-8-10-20(26)11-9-19)24(30)28-16-22-21-7-4-3-6-17(21)14-18(15-27)23(22)31-2/h3-4,6-11,14H,5,12-13,16H2,1-2H3,(H,28,30). The van der Waals surface area contributed by atoms with Gasteiger partial charge in [-0.05, 0) is 47.9 Å². The monoisotopic (exact) mass is 417 g/mol. The van der Waals surface area contributed by atoms with Crippen LogP contribution in [0, 0.1) is 17.1 Å². The second kappa shape index (κ2) is 8.37. The van der Waals surface area contributed by atoms with E-state index in [1.54, 1.807) is 18.2 Å². The van der Waals surface area contributed by atoms with E-state index in [4.69, 9.17) is 4.74 Å². The topological polar surface area (TPSA) is 65.4 Å². The summed E-state index contributed by atoms with van der Waals surface area (Å²) in [6, 6.07) is 17.8. The Bertz CT molecular complexity index is 1170. The Labute approximate surface area is 181 Å². The molecule has 4 rings (SSSR count). The minimum absolute atomic E-state index is 0.174. The molecule has 5 nitrogen and oxygen atoms in total. The molecule has 3 aromatic rings. The summed E-state index contributed by atoms with van der Waals surface area (Å²) < 4.78 is 19.0. The van der Waals surface area contributed by atoms with Crippen molar-refractivity contribution in [2.24, 2.45) is 0 Å². The number of ether oxygens (including phenoxy) is 1. The average Bonchev–Trinajstić information content (AvgIpc) is 2.75. The maximum absolute atomic E-state index is 13.5. The Balaban J connectivity index is 1.69. The van der Waals surface area contributed by atoms with Crippen molar-refractivity contribution in [1.82, 2.24) is 10.2 Å². The van der Waals surface area contributed by atoms with Gasteiger partial charge < -0.3 is 10.1 Å². The summed E-state index contributed by atoms with van der Waals surface area (Å²) in [5, 5.41) is 14.5. The summed E-state index contributed by atoms with van der Waals surface area (Å²) in [6.45, 7) is 3.69. The lowest BCUT2D eigenvalue weighted by atomic mass is 9.86. The van der Waals surface area contributed by atoms with Crippen LogP contribution in [0.1, 0.15) is 30.0 Å². The number of amides is 1. The molecule has 6 heteroatoms. The van der Waals surface area contributed by atoms with Crippen LogP contribution in [0.4, 0.5) is 4.39 Å². The summed E-state index contributed by atoms with van der Waals surface area (Å²) in [4.78, 5) is 15.6. The van der Waals surface area contributed by atoms with Crippen LogP contribution in [-0.4, -0.2) is 31.0 Å². The SMILES string of the molecule is COc1c(C#N)cc2ccccc2c1CNC(=O)C(C)(c1ccc(F)cc1)N1CCC1. The smallest absolute Gasteiger partial charge is 0.245 e. The normalized spacial score (nSPS) is 15.5. The second-order valence-electron chi connectivity index (χ2n) is 7.87. The van der Waals surface area contributed by atoms with Gasteiger partial charge in [-0.1, -0.05) is 36.4 Å². The third-order valence-corrected chi connectivity index (χ3v) is 6.19. The first kappa shape index (κ1) is 20.8. The number of methoxy groups -OCH3 is 1. The molecule has 0 aliphatic carbocycles. The summed E-state index contributed by atoms with van der Waals surface area (Å²) >= 11 is 0. The number of halogens is 1. The molecular weight excluding hydrogens is 393 g/mol. The van der Waals surface area contributed by atoms with Gasteiger partial charge in [0.15, 0.2) is 0 Å². The highest BCUT2D eigenvalue weighted by atomic mass is 19.1. The van der Waals surface area contributed by atoms with Crippen LogP contribution in [0.2, 0.25) is 0 Å². The first-order valence-electron chi connectivity index (χ1n) is 10.3. The number of carbonyl (C=O) groups is 1. The van der Waals surface area contributed by atoms with Gasteiger partial charge in [-0.2, -0.15) is 5.26 Å². The van der Waals surface area contributed by atoms with E-state index in [2.05, 4.69) is 16.3 Å². The molecule has 1 aliphatic rings. The Hall–Kier alpha value is -3.43. The highest BCUT2D eigenvalue weighted by Crippen LogP contribution is 2.35. The predicted molar refractivity (Wildman–Crippen MR) is 117 cm³/mol. The fourth-order valence-corrected chi connectivity index (χ4v) is 4.23. The molecule has 1 unspecified atom stereocenters. The van der Waals surface area contributed by atoms with Gasteiger partial charge in [-0.3, -0.25) is 9.69 Å². The van der Waals surface area contributed by atoms with Crippen LogP contribution in [0.25, 0.3) is 10.8 Å². The van der Waals surface area contributed by atoms with Crippen LogP contribution >= 0.6 is 0 Å². The van der Waals surface area contributed by atoms with E-state index in [1.807, 2.05) is 31.2 Å². The van der Waals surface area contributed by atoms with Gasteiger partial charge in [-0.15, -0.1) is 0 Å². The van der Waals surface area contributed by atoms with Crippen LogP contribution in [0.5, 0.6) is 5.75 Å². The second-order valence-corrected chi connectivity index (χ2v) is 7.87. The number of likely N-dealkylation sites (tertiary alicyclic amines) is 1. The van der Waals surface area contributed by atoms with Gasteiger partial charge in [0.05, 0.1) is 12.7 Å². The van der Waals surface area contributed by atoms with Gasteiger partial charge in [0, 0.05) is 25.2 Å². The van der Waals surface area contributed by atoms with Gasteiger partial charge in [0.2, 0.25) is 5.91 Å². The molecule has 0 spiro atoms. The Morgan fingerprint density at radius 3 is 2.55 bits per heavy atom. The molecule has 0 radical (unpaired) electrons. The zero-order valence-electron chi connectivity index (χ0n) is 17.6. The molecule has 1 amide bonds. The first-order valence-corrected chi connectivity index (χ1v) is 10.3. The molecule has 1 saturated heterocycles. The molecule has 1 N–H and O–H groups in total. The van der Waals surface area contributed by atoms with Gasteiger partial charge in [-0.25, -0.2) is 4.39 Å². The maximum atomic E-state index is 13.5. The van der Waals surface area contributed by atoms with Gasteiger partial charge in [0.25, 0.3) is 0 Å². The molecular formula is C25H24FN3O2. The maximum Gasteiger partial charge on any atom is 0.245 e. The Kier molecular flexibility index (Phi) is 5.62. The predicted octanol–water partition coefficient (Wildman–Crippen LogP) is 4.10. The third-order valence-electron chi connectivity index (χ3n) is 6.19. The molecule has 1 heterocycles. The first-order chi connectivity index (χ1) is 15.0. The van der Waals surface area contributed by atoms with Gasteiger partial charge in [0.1, 0.15) is 23.2 Å². The molecule has 158 valence electrons. The molecule has 3 aromatic carbocycles. The molecule has 0 aromatic heterocycles. The quantitative estimate of drug-likeness (QED) is 0.656. The van der Waals surface area contributed by atoms with E-state index in [-0.39, 0.29) is 18.3 Å². The van der Waals surface area contributed by atoms with Crippen LogP contribution in [0.3, 0.4) is 0 Å². The minimum atomic E-state index is -0.915. The Morgan fingerprint density at radius 2 is 1.94 bits per heavy atom. The number of hydrogen-bond acceptors (Lipinski definition) is 4. The van der Waals surface area contributed by atoms with Crippen LogP contribution < -0.4 is 10.1 Å². The zero-order chi connectivity index (χ0) is 22.0. The summed E-state index contributed by atoms with van der Waals surface area (Å²) in [5.41, 5.74) is 1.01. The highest BCUT2D eigenvalue weighted by molar-refractivity contribution is 5.91. The van der Waals surface area contributed by atoms with E-state index in [9.17, 15) is 14.4 Å². The van der Waals surface area contributed by atoms with Crippen molar-refractivity contribution in [2.45, 2.75) is 25.4 Å². The molecule has 1 aliphatic heterocycles. The summed E-state index contributed by atoms with van der Waals surface area (Å²) in [7, 11) is 1.53. The largest absolute Gasteiger partial charge is 0.495 e. The molecule has 1 fully saturated rings. The fourth-order valence-electron chi connectivity index (χ4n) is 4.23. The van der Waals surface area contributed by atoms with E-state index in [0.29, 0.717) is 11.3 Å². The number of benzene rings is 3. The van der Waals surface area contributed by atoms with Crippen molar-refractivity contribution < 1.29 is 13.9 Å². The molecule has 1 atom stereocenters. The molecule has 0 saturated carbocycles. The van der Waals surface area contributed by atoms with Crippen molar-refractivity contribution in [3.63, 3.8) is 0 Å². The third kappa shape index (κ3) is 3.62. The minimum Gasteiger partial charge on any atom is -0.495 e.